The monoisotopic (exact) mass is 611 g/mol. The molecule has 0 aliphatic rings. The molecule has 48 heavy (non-hydrogen) atoms. The van der Waals surface area contributed by atoms with E-state index < -0.39 is 0 Å². The van der Waals surface area contributed by atoms with Gasteiger partial charge in [-0.15, -0.1) is 0 Å². The summed E-state index contributed by atoms with van der Waals surface area (Å²) in [5, 5.41) is 10.2. The van der Waals surface area contributed by atoms with Crippen LogP contribution in [0.5, 0.6) is 0 Å². The first-order valence-electron chi connectivity index (χ1n) is 16.8. The predicted molar refractivity (Wildman–Crippen MR) is 205 cm³/mol. The van der Waals surface area contributed by atoms with Crippen molar-refractivity contribution >= 4 is 43.1 Å². The summed E-state index contributed by atoms with van der Waals surface area (Å²) >= 11 is 0. The first-order valence-corrected chi connectivity index (χ1v) is 16.8. The highest BCUT2D eigenvalue weighted by atomic mass is 14.6. The summed E-state index contributed by atoms with van der Waals surface area (Å²) in [5.74, 6) is 0. The van der Waals surface area contributed by atoms with E-state index in [0.717, 1.165) is 12.0 Å². The van der Waals surface area contributed by atoms with Gasteiger partial charge in [-0.05, 0) is 112 Å². The highest BCUT2D eigenvalue weighted by molar-refractivity contribution is 6.24. The molecule has 1 aromatic heterocycles. The number of fused-ring (bicyclic) bond motifs is 4. The molecule has 0 saturated carbocycles. The molecule has 0 spiro atoms. The first-order chi connectivity index (χ1) is 23.8. The Morgan fingerprint density at radius 2 is 0.938 bits per heavy atom. The van der Waals surface area contributed by atoms with Gasteiger partial charge in [-0.1, -0.05) is 153 Å². The largest absolute Gasteiger partial charge is 0.264 e. The second-order valence-electron chi connectivity index (χ2n) is 12.6. The minimum absolute atomic E-state index is 1.04. The smallest absolute Gasteiger partial charge is 0.0346 e. The normalized spacial score (nSPS) is 11.5. The molecule has 0 radical (unpaired) electrons. The first kappa shape index (κ1) is 28.2. The fourth-order valence-corrected chi connectivity index (χ4v) is 7.54. The highest BCUT2D eigenvalue weighted by Crippen LogP contribution is 2.46. The van der Waals surface area contributed by atoms with Crippen LogP contribution in [0.1, 0.15) is 12.5 Å². The van der Waals surface area contributed by atoms with E-state index in [1.54, 1.807) is 0 Å². The summed E-state index contributed by atoms with van der Waals surface area (Å²) in [7, 11) is 0. The number of hydrogen-bond donors (Lipinski definition) is 0. The lowest BCUT2D eigenvalue weighted by Gasteiger charge is -2.20. The summed E-state index contributed by atoms with van der Waals surface area (Å²) < 4.78 is 0. The van der Waals surface area contributed by atoms with Gasteiger partial charge in [0.2, 0.25) is 0 Å². The third-order valence-electron chi connectivity index (χ3n) is 9.92. The van der Waals surface area contributed by atoms with Crippen LogP contribution in [0.25, 0.3) is 87.6 Å². The van der Waals surface area contributed by atoms with Gasteiger partial charge in [0, 0.05) is 12.4 Å². The van der Waals surface area contributed by atoms with Crippen molar-refractivity contribution in [1.29, 1.82) is 0 Å². The zero-order valence-corrected chi connectivity index (χ0v) is 26.8. The molecular weight excluding hydrogens is 579 g/mol. The summed E-state index contributed by atoms with van der Waals surface area (Å²) in [4.78, 5) is 4.30. The Bertz CT molecular complexity index is 2580. The third kappa shape index (κ3) is 4.67. The summed E-state index contributed by atoms with van der Waals surface area (Å²) in [5.41, 5.74) is 11.2. The van der Waals surface area contributed by atoms with E-state index in [2.05, 4.69) is 164 Å². The number of pyridine rings is 1. The van der Waals surface area contributed by atoms with Gasteiger partial charge in [0.15, 0.2) is 0 Å². The SMILES string of the molecule is CCc1ccc2cc(-c3c4ccccc4c(-c4ccc(-c5ccc(-c6cccnc6)cc5)c5ccccc45)c4ccccc34)ccc2c1. The van der Waals surface area contributed by atoms with Gasteiger partial charge in [0.25, 0.3) is 0 Å². The van der Waals surface area contributed by atoms with Crippen molar-refractivity contribution in [1.82, 2.24) is 4.98 Å². The summed E-state index contributed by atoms with van der Waals surface area (Å²) in [6.45, 7) is 2.22. The van der Waals surface area contributed by atoms with Crippen molar-refractivity contribution < 1.29 is 0 Å². The molecule has 1 heterocycles. The molecule has 9 aromatic rings. The van der Waals surface area contributed by atoms with E-state index in [0.29, 0.717) is 0 Å². The van der Waals surface area contributed by atoms with Gasteiger partial charge in [-0.25, -0.2) is 0 Å². The minimum atomic E-state index is 1.04. The molecule has 1 nitrogen and oxygen atoms in total. The number of nitrogens with zero attached hydrogens (tertiary/aromatic N) is 1. The Balaban J connectivity index is 1.26. The molecule has 0 fully saturated rings. The van der Waals surface area contributed by atoms with Crippen molar-refractivity contribution in [3.8, 4) is 44.5 Å². The molecule has 8 aromatic carbocycles. The van der Waals surface area contributed by atoms with Crippen LogP contribution in [0.2, 0.25) is 0 Å². The lowest BCUT2D eigenvalue weighted by molar-refractivity contribution is 1.15. The maximum Gasteiger partial charge on any atom is 0.0346 e. The lowest BCUT2D eigenvalue weighted by Crippen LogP contribution is -1.92. The molecule has 0 atom stereocenters. The second kappa shape index (κ2) is 11.6. The zero-order valence-electron chi connectivity index (χ0n) is 26.8. The molecular formula is C47H33N. The van der Waals surface area contributed by atoms with Gasteiger partial charge in [-0.3, -0.25) is 4.98 Å². The van der Waals surface area contributed by atoms with Crippen molar-refractivity contribution in [3.63, 3.8) is 0 Å². The van der Waals surface area contributed by atoms with Crippen molar-refractivity contribution in [2.75, 3.05) is 0 Å². The average Bonchev–Trinajstić information content (AvgIpc) is 3.16. The standard InChI is InChI=1S/C47H33N/c1-2-31-17-18-35-29-36(24-23-34(35)28-31)46-41-13-5-7-15-43(41)47(44-16-8-6-14-42(44)46)45-26-25-38(39-11-3-4-12-40(39)45)33-21-19-32(20-22-33)37-10-9-27-48-30-37/h3-30H,2H2,1H3. The number of aryl methyl sites for hydroxylation is 1. The van der Waals surface area contributed by atoms with Crippen LogP contribution < -0.4 is 0 Å². The molecule has 0 N–H and O–H groups in total. The van der Waals surface area contributed by atoms with Crippen molar-refractivity contribution in [2.45, 2.75) is 13.3 Å². The molecule has 226 valence electrons. The Morgan fingerprint density at radius 3 is 1.58 bits per heavy atom. The van der Waals surface area contributed by atoms with Crippen LogP contribution in [0, 0.1) is 0 Å². The van der Waals surface area contributed by atoms with Gasteiger partial charge >= 0.3 is 0 Å². The Morgan fingerprint density at radius 1 is 0.396 bits per heavy atom. The lowest BCUT2D eigenvalue weighted by atomic mass is 9.83. The minimum Gasteiger partial charge on any atom is -0.264 e. The maximum atomic E-state index is 4.30. The van der Waals surface area contributed by atoms with E-state index in [4.69, 9.17) is 0 Å². The topological polar surface area (TPSA) is 12.9 Å². The number of aromatic nitrogens is 1. The van der Waals surface area contributed by atoms with Gasteiger partial charge in [-0.2, -0.15) is 0 Å². The van der Waals surface area contributed by atoms with Crippen LogP contribution >= 0.6 is 0 Å². The van der Waals surface area contributed by atoms with Crippen LogP contribution in [0.15, 0.2) is 170 Å². The van der Waals surface area contributed by atoms with Crippen LogP contribution in [0.4, 0.5) is 0 Å². The highest BCUT2D eigenvalue weighted by Gasteiger charge is 2.19. The van der Waals surface area contributed by atoms with E-state index in [9.17, 15) is 0 Å². The Hall–Kier alpha value is -6.05. The molecule has 9 rings (SSSR count). The Labute approximate surface area is 280 Å². The number of rotatable bonds is 5. The van der Waals surface area contributed by atoms with Gasteiger partial charge in [0.05, 0.1) is 0 Å². The van der Waals surface area contributed by atoms with Crippen LogP contribution in [-0.4, -0.2) is 4.98 Å². The molecule has 0 bridgehead atoms. The second-order valence-corrected chi connectivity index (χ2v) is 12.6. The fourth-order valence-electron chi connectivity index (χ4n) is 7.54. The number of benzene rings is 8. The molecule has 0 aliphatic heterocycles. The molecule has 0 aliphatic carbocycles. The van der Waals surface area contributed by atoms with Crippen molar-refractivity contribution in [2.24, 2.45) is 0 Å². The van der Waals surface area contributed by atoms with Gasteiger partial charge < -0.3 is 0 Å². The predicted octanol–water partition coefficient (Wildman–Crippen LogP) is 12.9. The molecule has 1 heteroatoms. The summed E-state index contributed by atoms with van der Waals surface area (Å²) in [6, 6.07) is 58.2. The maximum absolute atomic E-state index is 4.30. The van der Waals surface area contributed by atoms with Crippen molar-refractivity contribution in [3.05, 3.63) is 176 Å². The van der Waals surface area contributed by atoms with E-state index in [-0.39, 0.29) is 0 Å². The molecule has 0 saturated heterocycles. The average molecular weight is 612 g/mol. The van der Waals surface area contributed by atoms with E-state index in [1.165, 1.54) is 87.6 Å². The summed E-state index contributed by atoms with van der Waals surface area (Å²) in [6.07, 6.45) is 4.78. The van der Waals surface area contributed by atoms with E-state index in [1.807, 2.05) is 18.5 Å². The van der Waals surface area contributed by atoms with E-state index >= 15 is 0 Å². The van der Waals surface area contributed by atoms with Crippen LogP contribution in [0.3, 0.4) is 0 Å². The quantitative estimate of drug-likeness (QED) is 0.176. The number of hydrogen-bond acceptors (Lipinski definition) is 1. The van der Waals surface area contributed by atoms with Crippen LogP contribution in [-0.2, 0) is 6.42 Å². The fraction of sp³-hybridized carbons (Fsp3) is 0.0426. The zero-order chi connectivity index (χ0) is 32.0. The Kier molecular flexibility index (Phi) is 6.83. The molecule has 0 amide bonds. The molecule has 0 unspecified atom stereocenters. The third-order valence-corrected chi connectivity index (χ3v) is 9.92. The van der Waals surface area contributed by atoms with Gasteiger partial charge in [0.1, 0.15) is 0 Å².